The van der Waals surface area contributed by atoms with Gasteiger partial charge in [-0.1, -0.05) is 13.8 Å². The van der Waals surface area contributed by atoms with Gasteiger partial charge < -0.3 is 15.4 Å². The van der Waals surface area contributed by atoms with Gasteiger partial charge in [-0.25, -0.2) is 4.79 Å². The van der Waals surface area contributed by atoms with Crippen LogP contribution in [-0.4, -0.2) is 31.6 Å². The Kier molecular flexibility index (Phi) is 5.51. The van der Waals surface area contributed by atoms with E-state index in [1.165, 1.54) is 7.11 Å². The molecule has 1 aromatic carbocycles. The Bertz CT molecular complexity index is 470. The van der Waals surface area contributed by atoms with Gasteiger partial charge in [0.05, 0.1) is 19.2 Å². The van der Waals surface area contributed by atoms with E-state index in [0.29, 0.717) is 11.3 Å². The fraction of sp³-hybridized carbons (Fsp3) is 0.429. The molecule has 0 radical (unpaired) electrons. The molecular formula is C14H20N2O3. The summed E-state index contributed by atoms with van der Waals surface area (Å²) in [5, 5.41) is 5.83. The molecule has 104 valence electrons. The normalized spacial score (nSPS) is 10.4. The number of hydrogen-bond acceptors (Lipinski definition) is 4. The zero-order valence-electron chi connectivity index (χ0n) is 11.7. The third-order valence-corrected chi connectivity index (χ3v) is 2.59. The third-order valence-electron chi connectivity index (χ3n) is 2.59. The highest BCUT2D eigenvalue weighted by atomic mass is 16.5. The van der Waals surface area contributed by atoms with E-state index in [9.17, 15) is 9.59 Å². The van der Waals surface area contributed by atoms with E-state index in [1.54, 1.807) is 18.2 Å². The lowest BCUT2D eigenvalue weighted by atomic mass is 10.1. The molecule has 0 bridgehead atoms. The number of rotatable bonds is 5. The van der Waals surface area contributed by atoms with Gasteiger partial charge in [0.2, 0.25) is 5.91 Å². The van der Waals surface area contributed by atoms with Crippen LogP contribution in [0.1, 0.15) is 29.8 Å². The van der Waals surface area contributed by atoms with Gasteiger partial charge in [-0.05, 0) is 30.7 Å². The maximum atomic E-state index is 11.7. The van der Waals surface area contributed by atoms with Crippen molar-refractivity contribution in [3.8, 4) is 0 Å². The Labute approximate surface area is 113 Å². The van der Waals surface area contributed by atoms with E-state index in [2.05, 4.69) is 15.4 Å². The highest BCUT2D eigenvalue weighted by Crippen LogP contribution is 2.16. The van der Waals surface area contributed by atoms with Gasteiger partial charge >= 0.3 is 5.97 Å². The molecule has 1 amide bonds. The first kappa shape index (κ1) is 15.2. The predicted octanol–water partition coefficient (Wildman–Crippen LogP) is 1.72. The van der Waals surface area contributed by atoms with Crippen molar-refractivity contribution in [2.75, 3.05) is 19.0 Å². The summed E-state index contributed by atoms with van der Waals surface area (Å²) >= 11 is 0. The number of anilines is 1. The third kappa shape index (κ3) is 4.71. The van der Waals surface area contributed by atoms with E-state index < -0.39 is 0 Å². The lowest BCUT2D eigenvalue weighted by molar-refractivity contribution is -0.115. The van der Waals surface area contributed by atoms with Crippen molar-refractivity contribution in [2.24, 2.45) is 0 Å². The molecule has 2 N–H and O–H groups in total. The quantitative estimate of drug-likeness (QED) is 0.795. The van der Waals surface area contributed by atoms with Gasteiger partial charge in [0.1, 0.15) is 0 Å². The standard InChI is InChI=1S/C14H20N2O3/c1-9(2)15-8-13(17)16-12-6-5-11(7-10(12)3)14(18)19-4/h5-7,9,15H,8H2,1-4H3,(H,16,17). The van der Waals surface area contributed by atoms with E-state index in [4.69, 9.17) is 0 Å². The summed E-state index contributed by atoms with van der Waals surface area (Å²) in [4.78, 5) is 23.0. The van der Waals surface area contributed by atoms with E-state index >= 15 is 0 Å². The molecule has 0 fully saturated rings. The first-order chi connectivity index (χ1) is 8.93. The first-order valence-corrected chi connectivity index (χ1v) is 6.16. The molecule has 0 aliphatic heterocycles. The highest BCUT2D eigenvalue weighted by molar-refractivity contribution is 5.94. The number of methoxy groups -OCH3 is 1. The number of benzene rings is 1. The van der Waals surface area contributed by atoms with E-state index in [0.717, 1.165) is 5.56 Å². The molecular weight excluding hydrogens is 244 g/mol. The Morgan fingerprint density at radius 2 is 2.00 bits per heavy atom. The van der Waals surface area contributed by atoms with Crippen LogP contribution in [0.5, 0.6) is 0 Å². The van der Waals surface area contributed by atoms with Crippen molar-refractivity contribution in [3.05, 3.63) is 29.3 Å². The number of aryl methyl sites for hydroxylation is 1. The molecule has 0 atom stereocenters. The largest absolute Gasteiger partial charge is 0.465 e. The molecule has 0 aliphatic carbocycles. The molecule has 0 aromatic heterocycles. The Morgan fingerprint density at radius 3 is 2.53 bits per heavy atom. The van der Waals surface area contributed by atoms with Crippen LogP contribution in [0.4, 0.5) is 5.69 Å². The van der Waals surface area contributed by atoms with E-state index in [1.807, 2.05) is 20.8 Å². The zero-order valence-corrected chi connectivity index (χ0v) is 11.7. The summed E-state index contributed by atoms with van der Waals surface area (Å²) in [6.07, 6.45) is 0. The monoisotopic (exact) mass is 264 g/mol. The number of carbonyl (C=O) groups is 2. The van der Waals surface area contributed by atoms with Crippen LogP contribution in [0.2, 0.25) is 0 Å². The fourth-order valence-electron chi connectivity index (χ4n) is 1.54. The molecule has 5 nitrogen and oxygen atoms in total. The van der Waals surface area contributed by atoms with Crippen LogP contribution in [0, 0.1) is 6.92 Å². The summed E-state index contributed by atoms with van der Waals surface area (Å²) in [6, 6.07) is 5.28. The molecule has 0 spiro atoms. The molecule has 0 saturated carbocycles. The number of esters is 1. The van der Waals surface area contributed by atoms with Crippen molar-refractivity contribution >= 4 is 17.6 Å². The second-order valence-electron chi connectivity index (χ2n) is 4.61. The van der Waals surface area contributed by atoms with Crippen molar-refractivity contribution in [3.63, 3.8) is 0 Å². The minimum atomic E-state index is -0.387. The second kappa shape index (κ2) is 6.89. The van der Waals surface area contributed by atoms with Crippen LogP contribution in [0.3, 0.4) is 0 Å². The lowest BCUT2D eigenvalue weighted by Gasteiger charge is -2.11. The number of ether oxygens (including phenoxy) is 1. The van der Waals surface area contributed by atoms with Crippen molar-refractivity contribution in [1.82, 2.24) is 5.32 Å². The molecule has 0 unspecified atom stereocenters. The summed E-state index contributed by atoms with van der Waals surface area (Å²) in [7, 11) is 1.34. The summed E-state index contributed by atoms with van der Waals surface area (Å²) in [5.41, 5.74) is 1.99. The van der Waals surface area contributed by atoms with E-state index in [-0.39, 0.29) is 24.5 Å². The van der Waals surface area contributed by atoms with Gasteiger partial charge in [-0.15, -0.1) is 0 Å². The number of amides is 1. The lowest BCUT2D eigenvalue weighted by Crippen LogP contribution is -2.32. The molecule has 0 aliphatic rings. The number of hydrogen-bond donors (Lipinski definition) is 2. The summed E-state index contributed by atoms with van der Waals surface area (Å²) in [5.74, 6) is -0.495. The van der Waals surface area contributed by atoms with Crippen molar-refractivity contribution < 1.29 is 14.3 Å². The van der Waals surface area contributed by atoms with Crippen LogP contribution in [0.25, 0.3) is 0 Å². The van der Waals surface area contributed by atoms with Crippen LogP contribution < -0.4 is 10.6 Å². The summed E-state index contributed by atoms with van der Waals surface area (Å²) in [6.45, 7) is 6.04. The van der Waals surface area contributed by atoms with Gasteiger partial charge in [0.15, 0.2) is 0 Å². The van der Waals surface area contributed by atoms with Gasteiger partial charge in [0.25, 0.3) is 0 Å². The van der Waals surface area contributed by atoms with Crippen molar-refractivity contribution in [1.29, 1.82) is 0 Å². The topological polar surface area (TPSA) is 67.4 Å². The van der Waals surface area contributed by atoms with Gasteiger partial charge in [-0.2, -0.15) is 0 Å². The Balaban J connectivity index is 2.69. The molecule has 1 rings (SSSR count). The Hall–Kier alpha value is -1.88. The zero-order chi connectivity index (χ0) is 14.4. The van der Waals surface area contributed by atoms with Gasteiger partial charge in [-0.3, -0.25) is 4.79 Å². The smallest absolute Gasteiger partial charge is 0.337 e. The maximum absolute atomic E-state index is 11.7. The molecule has 0 saturated heterocycles. The highest BCUT2D eigenvalue weighted by Gasteiger charge is 2.09. The molecule has 5 heteroatoms. The van der Waals surface area contributed by atoms with Crippen molar-refractivity contribution in [2.45, 2.75) is 26.8 Å². The number of carbonyl (C=O) groups excluding carboxylic acids is 2. The Morgan fingerprint density at radius 1 is 1.32 bits per heavy atom. The van der Waals surface area contributed by atoms with Crippen LogP contribution in [-0.2, 0) is 9.53 Å². The minimum Gasteiger partial charge on any atom is -0.465 e. The second-order valence-corrected chi connectivity index (χ2v) is 4.61. The fourth-order valence-corrected chi connectivity index (χ4v) is 1.54. The summed E-state index contributed by atoms with van der Waals surface area (Å²) < 4.78 is 4.64. The molecule has 19 heavy (non-hydrogen) atoms. The minimum absolute atomic E-state index is 0.109. The maximum Gasteiger partial charge on any atom is 0.337 e. The average molecular weight is 264 g/mol. The first-order valence-electron chi connectivity index (χ1n) is 6.16. The van der Waals surface area contributed by atoms with Crippen LogP contribution in [0.15, 0.2) is 18.2 Å². The van der Waals surface area contributed by atoms with Gasteiger partial charge in [0, 0.05) is 11.7 Å². The SMILES string of the molecule is COC(=O)c1ccc(NC(=O)CNC(C)C)c(C)c1. The average Bonchev–Trinajstić information content (AvgIpc) is 2.37. The predicted molar refractivity (Wildman–Crippen MR) is 74.3 cm³/mol. The number of nitrogens with one attached hydrogen (secondary N) is 2. The molecule has 0 heterocycles. The van der Waals surface area contributed by atoms with Crippen LogP contribution >= 0.6 is 0 Å². The molecule has 1 aromatic rings.